The van der Waals surface area contributed by atoms with Gasteiger partial charge in [0.25, 0.3) is 0 Å². The molecule has 0 saturated heterocycles. The van der Waals surface area contributed by atoms with Crippen molar-refractivity contribution < 1.29 is 9.50 Å². The maximum atomic E-state index is 13.0. The van der Waals surface area contributed by atoms with Crippen LogP contribution >= 0.6 is 0 Å². The molecule has 1 atom stereocenters. The highest BCUT2D eigenvalue weighted by Crippen LogP contribution is 2.36. The minimum Gasteiger partial charge on any atom is -0.394 e. The number of fused-ring (bicyclic) bond motifs is 1. The largest absolute Gasteiger partial charge is 0.394 e. The Morgan fingerprint density at radius 1 is 1.53 bits per heavy atom. The van der Waals surface area contributed by atoms with Gasteiger partial charge in [0.05, 0.1) is 12.1 Å². The SMILES string of the molecule is CCNC1(CO)CCc2cc(F)ccc21. The number of aryl methyl sites for hydroxylation is 1. The zero-order chi connectivity index (χ0) is 10.9. The number of hydrogen-bond acceptors (Lipinski definition) is 2. The van der Waals surface area contributed by atoms with Crippen LogP contribution in [0.3, 0.4) is 0 Å². The van der Waals surface area contributed by atoms with Crippen LogP contribution in [0, 0.1) is 5.82 Å². The quantitative estimate of drug-likeness (QED) is 0.792. The third kappa shape index (κ3) is 1.66. The monoisotopic (exact) mass is 209 g/mol. The summed E-state index contributed by atoms with van der Waals surface area (Å²) in [5.74, 6) is -0.195. The molecule has 2 N–H and O–H groups in total. The normalized spacial score (nSPS) is 24.2. The van der Waals surface area contributed by atoms with Gasteiger partial charge in [-0.25, -0.2) is 4.39 Å². The Hall–Kier alpha value is -0.930. The summed E-state index contributed by atoms with van der Waals surface area (Å²) in [5, 5.41) is 12.8. The molecular weight excluding hydrogens is 193 g/mol. The highest BCUT2D eigenvalue weighted by molar-refractivity contribution is 5.39. The van der Waals surface area contributed by atoms with E-state index in [9.17, 15) is 9.50 Å². The second-order valence-corrected chi connectivity index (χ2v) is 4.07. The number of rotatable bonds is 3. The fraction of sp³-hybridized carbons (Fsp3) is 0.500. The van der Waals surface area contributed by atoms with Gasteiger partial charge in [0.15, 0.2) is 0 Å². The van der Waals surface area contributed by atoms with Crippen LogP contribution in [0.5, 0.6) is 0 Å². The summed E-state index contributed by atoms with van der Waals surface area (Å²) in [4.78, 5) is 0. The molecule has 0 heterocycles. The van der Waals surface area contributed by atoms with E-state index in [1.165, 1.54) is 6.07 Å². The van der Waals surface area contributed by atoms with Gasteiger partial charge in [-0.2, -0.15) is 0 Å². The van der Waals surface area contributed by atoms with Crippen molar-refractivity contribution in [2.24, 2.45) is 0 Å². The van der Waals surface area contributed by atoms with Gasteiger partial charge in [0.1, 0.15) is 5.82 Å². The van der Waals surface area contributed by atoms with Crippen LogP contribution in [-0.4, -0.2) is 18.3 Å². The summed E-state index contributed by atoms with van der Waals surface area (Å²) in [5.41, 5.74) is 1.72. The lowest BCUT2D eigenvalue weighted by Gasteiger charge is -2.29. The first-order chi connectivity index (χ1) is 7.22. The van der Waals surface area contributed by atoms with E-state index in [1.54, 1.807) is 12.1 Å². The van der Waals surface area contributed by atoms with Gasteiger partial charge in [-0.15, -0.1) is 0 Å². The average molecular weight is 209 g/mol. The van der Waals surface area contributed by atoms with E-state index in [-0.39, 0.29) is 18.0 Å². The van der Waals surface area contributed by atoms with Gasteiger partial charge in [0, 0.05) is 0 Å². The Balaban J connectivity index is 2.41. The van der Waals surface area contributed by atoms with Crippen LogP contribution in [0.4, 0.5) is 4.39 Å². The van der Waals surface area contributed by atoms with Crippen LogP contribution in [0.15, 0.2) is 18.2 Å². The van der Waals surface area contributed by atoms with E-state index >= 15 is 0 Å². The zero-order valence-electron chi connectivity index (χ0n) is 8.89. The number of hydrogen-bond donors (Lipinski definition) is 2. The summed E-state index contributed by atoms with van der Waals surface area (Å²) >= 11 is 0. The fourth-order valence-electron chi connectivity index (χ4n) is 2.46. The van der Waals surface area contributed by atoms with E-state index in [0.717, 1.165) is 30.5 Å². The molecule has 0 bridgehead atoms. The van der Waals surface area contributed by atoms with Gasteiger partial charge in [-0.05, 0) is 42.6 Å². The molecule has 2 rings (SSSR count). The molecule has 0 saturated carbocycles. The van der Waals surface area contributed by atoms with Crippen LogP contribution in [0.25, 0.3) is 0 Å². The predicted octanol–water partition coefficient (Wildman–Crippen LogP) is 1.57. The first kappa shape index (κ1) is 10.6. The van der Waals surface area contributed by atoms with Crippen molar-refractivity contribution in [1.82, 2.24) is 5.32 Å². The number of likely N-dealkylation sites (N-methyl/N-ethyl adjacent to an activating group) is 1. The molecule has 3 heteroatoms. The van der Waals surface area contributed by atoms with Crippen molar-refractivity contribution in [2.45, 2.75) is 25.3 Å². The molecule has 82 valence electrons. The van der Waals surface area contributed by atoms with Crippen LogP contribution in [0.1, 0.15) is 24.5 Å². The fourth-order valence-corrected chi connectivity index (χ4v) is 2.46. The van der Waals surface area contributed by atoms with Gasteiger partial charge < -0.3 is 10.4 Å². The smallest absolute Gasteiger partial charge is 0.123 e. The molecule has 15 heavy (non-hydrogen) atoms. The van der Waals surface area contributed by atoms with Crippen molar-refractivity contribution >= 4 is 0 Å². The molecule has 0 radical (unpaired) electrons. The van der Waals surface area contributed by atoms with E-state index in [1.807, 2.05) is 6.92 Å². The second-order valence-electron chi connectivity index (χ2n) is 4.07. The number of aliphatic hydroxyl groups excluding tert-OH is 1. The van der Waals surface area contributed by atoms with Crippen LogP contribution in [0.2, 0.25) is 0 Å². The van der Waals surface area contributed by atoms with Crippen molar-refractivity contribution in [2.75, 3.05) is 13.2 Å². The number of aliphatic hydroxyl groups is 1. The molecule has 1 aromatic rings. The lowest BCUT2D eigenvalue weighted by atomic mass is 9.92. The minimum atomic E-state index is -0.349. The summed E-state index contributed by atoms with van der Waals surface area (Å²) in [6.07, 6.45) is 1.68. The Bertz CT molecular complexity index is 367. The van der Waals surface area contributed by atoms with Gasteiger partial charge in [-0.3, -0.25) is 0 Å². The summed E-state index contributed by atoms with van der Waals surface area (Å²) < 4.78 is 13.0. The summed E-state index contributed by atoms with van der Waals surface area (Å²) in [6, 6.07) is 4.83. The number of benzene rings is 1. The predicted molar refractivity (Wildman–Crippen MR) is 57.2 cm³/mol. The van der Waals surface area contributed by atoms with Gasteiger partial charge in [-0.1, -0.05) is 13.0 Å². The molecule has 2 nitrogen and oxygen atoms in total. The lowest BCUT2D eigenvalue weighted by Crippen LogP contribution is -2.43. The zero-order valence-corrected chi connectivity index (χ0v) is 8.89. The first-order valence-corrected chi connectivity index (χ1v) is 5.36. The number of halogens is 1. The Morgan fingerprint density at radius 3 is 3.00 bits per heavy atom. The van der Waals surface area contributed by atoms with Crippen molar-refractivity contribution in [3.63, 3.8) is 0 Å². The molecule has 1 aromatic carbocycles. The maximum Gasteiger partial charge on any atom is 0.123 e. The molecule has 1 unspecified atom stereocenters. The number of nitrogens with one attached hydrogen (secondary N) is 1. The molecular formula is C12H16FNO. The molecule has 0 aromatic heterocycles. The molecule has 0 spiro atoms. The van der Waals surface area contributed by atoms with E-state index in [0.29, 0.717) is 0 Å². The molecule has 0 fully saturated rings. The van der Waals surface area contributed by atoms with Gasteiger partial charge in [0.2, 0.25) is 0 Å². The van der Waals surface area contributed by atoms with E-state index in [2.05, 4.69) is 5.32 Å². The second kappa shape index (κ2) is 3.91. The third-order valence-corrected chi connectivity index (χ3v) is 3.19. The molecule has 1 aliphatic rings. The summed E-state index contributed by atoms with van der Waals surface area (Å²) in [7, 11) is 0. The Kier molecular flexibility index (Phi) is 2.76. The van der Waals surface area contributed by atoms with Crippen molar-refractivity contribution in [3.05, 3.63) is 35.1 Å². The highest BCUT2D eigenvalue weighted by atomic mass is 19.1. The Labute approximate surface area is 89.1 Å². The van der Waals surface area contributed by atoms with Crippen molar-refractivity contribution in [3.8, 4) is 0 Å². The first-order valence-electron chi connectivity index (χ1n) is 5.36. The maximum absolute atomic E-state index is 13.0. The third-order valence-electron chi connectivity index (χ3n) is 3.19. The van der Waals surface area contributed by atoms with Crippen molar-refractivity contribution in [1.29, 1.82) is 0 Å². The average Bonchev–Trinajstić information content (AvgIpc) is 2.58. The topological polar surface area (TPSA) is 32.3 Å². The Morgan fingerprint density at radius 2 is 2.33 bits per heavy atom. The lowest BCUT2D eigenvalue weighted by molar-refractivity contribution is 0.162. The van der Waals surface area contributed by atoms with Gasteiger partial charge >= 0.3 is 0 Å². The molecule has 0 aliphatic heterocycles. The van der Waals surface area contributed by atoms with E-state index in [4.69, 9.17) is 0 Å². The van der Waals surface area contributed by atoms with E-state index < -0.39 is 0 Å². The summed E-state index contributed by atoms with van der Waals surface area (Å²) in [6.45, 7) is 2.88. The van der Waals surface area contributed by atoms with Crippen LogP contribution in [-0.2, 0) is 12.0 Å². The highest BCUT2D eigenvalue weighted by Gasteiger charge is 2.37. The minimum absolute atomic E-state index is 0.0689. The standard InChI is InChI=1S/C12H16FNO/c1-2-14-12(8-15)6-5-9-7-10(13)3-4-11(9)12/h3-4,7,14-15H,2,5-6,8H2,1H3. The molecule has 1 aliphatic carbocycles. The van der Waals surface area contributed by atoms with Crippen LogP contribution < -0.4 is 5.32 Å². The molecule has 0 amide bonds.